The number of anilines is 1. The lowest BCUT2D eigenvalue weighted by atomic mass is 10.1. The largest absolute Gasteiger partial charge is 0.505 e. The minimum absolute atomic E-state index is 0.0130. The SMILES string of the molecule is CC[C@@H](C)NC1=C(Nc2cc(C#N)cc(C(=O)N(C)C)c2O)C(=O)CC1. The Hall–Kier alpha value is -3.01. The maximum absolute atomic E-state index is 12.3. The molecule has 0 radical (unpaired) electrons. The lowest BCUT2D eigenvalue weighted by Gasteiger charge is -2.18. The predicted molar refractivity (Wildman–Crippen MR) is 98.6 cm³/mol. The Balaban J connectivity index is 2.46. The summed E-state index contributed by atoms with van der Waals surface area (Å²) < 4.78 is 0. The van der Waals surface area contributed by atoms with Gasteiger partial charge in [0.15, 0.2) is 11.5 Å². The summed E-state index contributed by atoms with van der Waals surface area (Å²) >= 11 is 0. The third-order valence-electron chi connectivity index (χ3n) is 4.35. The van der Waals surface area contributed by atoms with Gasteiger partial charge in [0.05, 0.1) is 22.9 Å². The molecule has 0 unspecified atom stereocenters. The molecule has 3 N–H and O–H groups in total. The first-order valence-electron chi connectivity index (χ1n) is 8.57. The zero-order valence-electron chi connectivity index (χ0n) is 15.5. The summed E-state index contributed by atoms with van der Waals surface area (Å²) in [6.45, 7) is 4.07. The van der Waals surface area contributed by atoms with Gasteiger partial charge in [0.2, 0.25) is 0 Å². The van der Waals surface area contributed by atoms with Crippen LogP contribution in [0.2, 0.25) is 0 Å². The van der Waals surface area contributed by atoms with Crippen LogP contribution in [0.3, 0.4) is 0 Å². The number of ketones is 1. The van der Waals surface area contributed by atoms with E-state index in [1.54, 1.807) is 14.1 Å². The fourth-order valence-corrected chi connectivity index (χ4v) is 2.68. The van der Waals surface area contributed by atoms with Crippen molar-refractivity contribution in [2.24, 2.45) is 0 Å². The normalized spacial score (nSPS) is 14.8. The minimum atomic E-state index is -0.424. The van der Waals surface area contributed by atoms with Crippen LogP contribution < -0.4 is 10.6 Å². The van der Waals surface area contributed by atoms with Crippen molar-refractivity contribution < 1.29 is 14.7 Å². The molecule has 138 valence electrons. The van der Waals surface area contributed by atoms with E-state index in [0.29, 0.717) is 18.5 Å². The number of amides is 1. The number of hydrogen-bond donors (Lipinski definition) is 3. The number of hydrogen-bond acceptors (Lipinski definition) is 6. The monoisotopic (exact) mass is 356 g/mol. The van der Waals surface area contributed by atoms with Gasteiger partial charge >= 0.3 is 0 Å². The van der Waals surface area contributed by atoms with Gasteiger partial charge in [-0.15, -0.1) is 0 Å². The number of benzene rings is 1. The maximum atomic E-state index is 12.3. The smallest absolute Gasteiger partial charge is 0.257 e. The Morgan fingerprint density at radius 2 is 2.08 bits per heavy atom. The number of nitrogens with one attached hydrogen (secondary N) is 2. The number of carbonyl (C=O) groups excluding carboxylic acids is 2. The molecule has 0 spiro atoms. The lowest BCUT2D eigenvalue weighted by molar-refractivity contribution is -0.114. The molecular formula is C19H24N4O3. The summed E-state index contributed by atoms with van der Waals surface area (Å²) in [4.78, 5) is 25.9. The number of Topliss-reactive ketones (excluding diaryl/α,β-unsaturated/α-hetero) is 1. The second-order valence-corrected chi connectivity index (χ2v) is 6.59. The number of nitrogens with zero attached hydrogens (tertiary/aromatic N) is 2. The molecule has 0 fully saturated rings. The van der Waals surface area contributed by atoms with Gasteiger partial charge < -0.3 is 20.6 Å². The summed E-state index contributed by atoms with van der Waals surface area (Å²) in [7, 11) is 3.12. The van der Waals surface area contributed by atoms with Gasteiger partial charge in [-0.3, -0.25) is 9.59 Å². The number of aromatic hydroxyl groups is 1. The number of carbonyl (C=O) groups is 2. The van der Waals surface area contributed by atoms with Crippen LogP contribution in [0.25, 0.3) is 0 Å². The zero-order valence-corrected chi connectivity index (χ0v) is 15.5. The molecule has 26 heavy (non-hydrogen) atoms. The Labute approximate surface area is 153 Å². The van der Waals surface area contributed by atoms with Crippen LogP contribution in [-0.2, 0) is 4.79 Å². The number of allylic oxidation sites excluding steroid dienone is 2. The molecule has 0 saturated heterocycles. The van der Waals surface area contributed by atoms with Gasteiger partial charge in [-0.2, -0.15) is 5.26 Å². The Morgan fingerprint density at radius 3 is 2.65 bits per heavy atom. The van der Waals surface area contributed by atoms with E-state index in [0.717, 1.165) is 12.1 Å². The molecule has 0 aromatic heterocycles. The fourth-order valence-electron chi connectivity index (χ4n) is 2.68. The van der Waals surface area contributed by atoms with E-state index in [2.05, 4.69) is 10.6 Å². The highest BCUT2D eigenvalue weighted by Gasteiger charge is 2.26. The summed E-state index contributed by atoms with van der Waals surface area (Å²) in [6.07, 6.45) is 1.87. The average Bonchev–Trinajstić information content (AvgIpc) is 2.95. The van der Waals surface area contributed by atoms with Gasteiger partial charge in [0, 0.05) is 32.3 Å². The quantitative estimate of drug-likeness (QED) is 0.676. The first kappa shape index (κ1) is 19.3. The van der Waals surface area contributed by atoms with E-state index in [9.17, 15) is 20.0 Å². The van der Waals surface area contributed by atoms with E-state index < -0.39 is 5.91 Å². The Morgan fingerprint density at radius 1 is 1.38 bits per heavy atom. The minimum Gasteiger partial charge on any atom is -0.505 e. The highest BCUT2D eigenvalue weighted by atomic mass is 16.3. The van der Waals surface area contributed by atoms with E-state index in [1.807, 2.05) is 19.9 Å². The number of rotatable bonds is 6. The molecule has 1 aromatic carbocycles. The van der Waals surface area contributed by atoms with E-state index >= 15 is 0 Å². The summed E-state index contributed by atoms with van der Waals surface area (Å²) in [5.74, 6) is -0.775. The highest BCUT2D eigenvalue weighted by molar-refractivity contribution is 6.03. The molecule has 1 aromatic rings. The predicted octanol–water partition coefficient (Wildman–Crippen LogP) is 2.34. The van der Waals surface area contributed by atoms with Crippen LogP contribution in [0.5, 0.6) is 5.75 Å². The second-order valence-electron chi connectivity index (χ2n) is 6.59. The first-order chi connectivity index (χ1) is 12.3. The first-order valence-corrected chi connectivity index (χ1v) is 8.57. The van der Waals surface area contributed by atoms with Crippen LogP contribution in [0.1, 0.15) is 49.0 Å². The molecule has 1 amide bonds. The average molecular weight is 356 g/mol. The van der Waals surface area contributed by atoms with Gasteiger partial charge in [-0.25, -0.2) is 0 Å². The fraction of sp³-hybridized carbons (Fsp3) is 0.421. The van der Waals surface area contributed by atoms with Crippen molar-refractivity contribution in [1.82, 2.24) is 10.2 Å². The van der Waals surface area contributed by atoms with Crippen LogP contribution in [0.4, 0.5) is 5.69 Å². The molecular weight excluding hydrogens is 332 g/mol. The molecule has 0 aliphatic heterocycles. The van der Waals surface area contributed by atoms with Crippen LogP contribution in [0, 0.1) is 11.3 Å². The van der Waals surface area contributed by atoms with Crippen molar-refractivity contribution in [1.29, 1.82) is 5.26 Å². The van der Waals surface area contributed by atoms with Gasteiger partial charge in [0.25, 0.3) is 5.91 Å². The summed E-state index contributed by atoms with van der Waals surface area (Å²) in [6, 6.07) is 4.96. The third kappa shape index (κ3) is 3.97. The molecule has 2 rings (SSSR count). The molecule has 0 bridgehead atoms. The lowest BCUT2D eigenvalue weighted by Crippen LogP contribution is -2.26. The van der Waals surface area contributed by atoms with Crippen molar-refractivity contribution >= 4 is 17.4 Å². The van der Waals surface area contributed by atoms with Crippen molar-refractivity contribution in [3.8, 4) is 11.8 Å². The number of phenolic OH excluding ortho intramolecular Hbond substituents is 1. The van der Waals surface area contributed by atoms with E-state index in [1.165, 1.54) is 17.0 Å². The van der Waals surface area contributed by atoms with Crippen LogP contribution in [0.15, 0.2) is 23.5 Å². The molecule has 0 saturated carbocycles. The third-order valence-corrected chi connectivity index (χ3v) is 4.35. The van der Waals surface area contributed by atoms with Crippen LogP contribution in [-0.4, -0.2) is 41.8 Å². The van der Waals surface area contributed by atoms with Crippen LogP contribution >= 0.6 is 0 Å². The zero-order chi connectivity index (χ0) is 19.4. The number of phenols is 1. The van der Waals surface area contributed by atoms with Crippen molar-refractivity contribution in [3.63, 3.8) is 0 Å². The van der Waals surface area contributed by atoms with Crippen molar-refractivity contribution in [2.45, 2.75) is 39.2 Å². The van der Waals surface area contributed by atoms with Crippen molar-refractivity contribution in [3.05, 3.63) is 34.7 Å². The molecule has 1 aliphatic carbocycles. The standard InChI is InChI=1S/C19H24N4O3/c1-5-11(2)21-14-6-7-16(24)17(14)22-15-9-12(10-20)8-13(18(15)25)19(26)23(3)4/h8-9,11,21-22,25H,5-7H2,1-4H3/t11-/m1/s1. The van der Waals surface area contributed by atoms with E-state index in [4.69, 9.17) is 0 Å². The highest BCUT2D eigenvalue weighted by Crippen LogP contribution is 2.33. The maximum Gasteiger partial charge on any atom is 0.257 e. The molecule has 7 nitrogen and oxygen atoms in total. The van der Waals surface area contributed by atoms with E-state index in [-0.39, 0.29) is 34.4 Å². The molecule has 1 aliphatic rings. The topological polar surface area (TPSA) is 105 Å². The van der Waals surface area contributed by atoms with Gasteiger partial charge in [-0.1, -0.05) is 6.92 Å². The Kier molecular flexibility index (Phi) is 5.88. The molecule has 0 heterocycles. The molecule has 7 heteroatoms. The van der Waals surface area contributed by atoms with Crippen molar-refractivity contribution in [2.75, 3.05) is 19.4 Å². The van der Waals surface area contributed by atoms with Gasteiger partial charge in [-0.05, 0) is 31.9 Å². The Bertz CT molecular complexity index is 806. The summed E-state index contributed by atoms with van der Waals surface area (Å²) in [5.41, 5.74) is 1.56. The van der Waals surface area contributed by atoms with Gasteiger partial charge in [0.1, 0.15) is 5.70 Å². The summed E-state index contributed by atoms with van der Waals surface area (Å²) in [5, 5.41) is 26.0. The second kappa shape index (κ2) is 7.91. The molecule has 1 atom stereocenters. The number of nitriles is 1.